The standard InChI is InChI=1S/C36H51N5O8S/c1-34(2,3)49-32(45)37-27-17-11-9-7-8-10-16-25-19-36(25,31(44)39-50(47)35(4,5)6)38-29(42)28-18-26(22-41(28)30(27)43)48-33(46)40-20-23-14-12-13-15-24(23)21-40/h10,12-16,25-28H,7-9,11,17-22H2,1-6H3,(H,37,45)(H,38,42)(H,39,44)/b16-10-/t25-,26-,27+,28+,36-,50+/m1/s1. The van der Waals surface area contributed by atoms with Crippen molar-refractivity contribution in [2.24, 2.45) is 5.92 Å². The average molecular weight is 714 g/mol. The first-order chi connectivity index (χ1) is 23.5. The topological polar surface area (TPSA) is 163 Å². The van der Waals surface area contributed by atoms with Crippen LogP contribution in [0.5, 0.6) is 0 Å². The number of fused-ring (bicyclic) bond motifs is 3. The summed E-state index contributed by atoms with van der Waals surface area (Å²) in [6.45, 7) is 11.1. The van der Waals surface area contributed by atoms with E-state index in [1.807, 2.05) is 36.4 Å². The summed E-state index contributed by atoms with van der Waals surface area (Å²) in [4.78, 5) is 71.4. The minimum Gasteiger partial charge on any atom is -0.444 e. The predicted octanol–water partition coefficient (Wildman–Crippen LogP) is 3.98. The quantitative estimate of drug-likeness (QED) is 0.395. The van der Waals surface area contributed by atoms with E-state index in [0.717, 1.165) is 30.4 Å². The maximum atomic E-state index is 14.3. The second-order valence-electron chi connectivity index (χ2n) is 15.7. The molecule has 3 heterocycles. The first kappa shape index (κ1) is 37.3. The molecule has 50 heavy (non-hydrogen) atoms. The van der Waals surface area contributed by atoms with Crippen molar-refractivity contribution in [3.8, 4) is 0 Å². The summed E-state index contributed by atoms with van der Waals surface area (Å²) in [5.74, 6) is -1.99. The third-order valence-corrected chi connectivity index (χ3v) is 10.9. The number of amides is 5. The largest absolute Gasteiger partial charge is 0.444 e. The molecular weight excluding hydrogens is 662 g/mol. The van der Waals surface area contributed by atoms with Crippen LogP contribution in [-0.4, -0.2) is 84.5 Å². The van der Waals surface area contributed by atoms with Crippen LogP contribution >= 0.6 is 0 Å². The number of hydrogen-bond donors (Lipinski definition) is 3. The van der Waals surface area contributed by atoms with E-state index in [0.29, 0.717) is 32.4 Å². The number of allylic oxidation sites excluding steroid dienone is 1. The van der Waals surface area contributed by atoms with Crippen LogP contribution in [0.3, 0.4) is 0 Å². The smallest absolute Gasteiger partial charge is 0.410 e. The summed E-state index contributed by atoms with van der Waals surface area (Å²) in [5.41, 5.74) is -0.0968. The van der Waals surface area contributed by atoms with Crippen molar-refractivity contribution in [2.75, 3.05) is 6.54 Å². The van der Waals surface area contributed by atoms with Crippen molar-refractivity contribution in [2.45, 2.75) is 134 Å². The molecule has 5 rings (SSSR count). The Morgan fingerprint density at radius 2 is 1.68 bits per heavy atom. The third kappa shape index (κ3) is 8.85. The molecule has 274 valence electrons. The van der Waals surface area contributed by atoms with Crippen LogP contribution in [0.4, 0.5) is 9.59 Å². The van der Waals surface area contributed by atoms with Gasteiger partial charge >= 0.3 is 12.2 Å². The molecule has 14 heteroatoms. The van der Waals surface area contributed by atoms with Gasteiger partial charge in [0.05, 0.1) is 11.3 Å². The highest BCUT2D eigenvalue weighted by atomic mass is 32.2. The van der Waals surface area contributed by atoms with E-state index in [-0.39, 0.29) is 18.9 Å². The average Bonchev–Trinajstić information content (AvgIpc) is 3.33. The highest BCUT2D eigenvalue weighted by Gasteiger charge is 2.61. The normalized spacial score (nSPS) is 28.4. The van der Waals surface area contributed by atoms with Gasteiger partial charge in [-0.2, -0.15) is 0 Å². The van der Waals surface area contributed by atoms with Gasteiger partial charge in [0.2, 0.25) is 11.8 Å². The summed E-state index contributed by atoms with van der Waals surface area (Å²) in [6.07, 6.45) is 5.36. The van der Waals surface area contributed by atoms with Crippen LogP contribution in [0.2, 0.25) is 0 Å². The van der Waals surface area contributed by atoms with Crippen molar-refractivity contribution >= 4 is 40.9 Å². The summed E-state index contributed by atoms with van der Waals surface area (Å²) < 4.78 is 26.2. The second-order valence-corrected chi connectivity index (χ2v) is 17.7. The van der Waals surface area contributed by atoms with Gasteiger partial charge in [0.15, 0.2) is 0 Å². The Hall–Kier alpha value is -3.94. The maximum Gasteiger partial charge on any atom is 0.410 e. The van der Waals surface area contributed by atoms with E-state index < -0.39 is 75.0 Å². The molecule has 6 atom stereocenters. The molecule has 0 spiro atoms. The van der Waals surface area contributed by atoms with Gasteiger partial charge in [-0.1, -0.05) is 49.3 Å². The van der Waals surface area contributed by atoms with Crippen LogP contribution < -0.4 is 15.4 Å². The summed E-state index contributed by atoms with van der Waals surface area (Å²) in [6, 6.07) is 5.64. The molecule has 1 aromatic carbocycles. The van der Waals surface area contributed by atoms with E-state index in [1.54, 1.807) is 46.4 Å². The molecule has 0 aromatic heterocycles. The van der Waals surface area contributed by atoms with E-state index in [2.05, 4.69) is 15.4 Å². The number of nitrogens with one attached hydrogen (secondary N) is 3. The lowest BCUT2D eigenvalue weighted by Gasteiger charge is -2.30. The number of carbonyl (C=O) groups excluding carboxylic acids is 5. The third-order valence-electron chi connectivity index (χ3n) is 9.44. The minimum absolute atomic E-state index is 0.00458. The van der Waals surface area contributed by atoms with Crippen molar-refractivity contribution in [1.29, 1.82) is 0 Å². The highest BCUT2D eigenvalue weighted by Crippen LogP contribution is 2.46. The Bertz CT molecular complexity index is 1530. The van der Waals surface area contributed by atoms with Gasteiger partial charge in [0.1, 0.15) is 40.3 Å². The van der Waals surface area contributed by atoms with Crippen LogP contribution in [0.1, 0.15) is 97.6 Å². The molecule has 1 aliphatic carbocycles. The number of benzene rings is 1. The van der Waals surface area contributed by atoms with Gasteiger partial charge in [0.25, 0.3) is 5.91 Å². The van der Waals surface area contributed by atoms with E-state index in [1.165, 1.54) is 4.90 Å². The summed E-state index contributed by atoms with van der Waals surface area (Å²) >= 11 is 0. The Balaban J connectivity index is 1.40. The fraction of sp³-hybridized carbons (Fsp3) is 0.639. The number of nitrogens with zero attached hydrogens (tertiary/aromatic N) is 2. The fourth-order valence-corrected chi connectivity index (χ4v) is 7.28. The first-order valence-corrected chi connectivity index (χ1v) is 18.7. The molecule has 13 nitrogen and oxygen atoms in total. The molecule has 3 N–H and O–H groups in total. The number of alkyl carbamates (subject to hydrolysis) is 1. The van der Waals surface area contributed by atoms with Gasteiger partial charge in [-0.3, -0.25) is 24.0 Å². The zero-order valence-electron chi connectivity index (χ0n) is 29.9. The molecule has 1 aromatic rings. The molecule has 0 bridgehead atoms. The number of rotatable bonds is 4. The Kier molecular flexibility index (Phi) is 11.0. The Morgan fingerprint density at radius 3 is 2.32 bits per heavy atom. The molecule has 3 aliphatic heterocycles. The van der Waals surface area contributed by atoms with Gasteiger partial charge in [0, 0.05) is 25.4 Å². The van der Waals surface area contributed by atoms with Gasteiger partial charge in [-0.05, 0) is 78.4 Å². The monoisotopic (exact) mass is 713 g/mol. The molecular formula is C36H51N5O8S. The summed E-state index contributed by atoms with van der Waals surface area (Å²) in [7, 11) is -1.72. The molecule has 1 saturated carbocycles. The van der Waals surface area contributed by atoms with Gasteiger partial charge in [-0.25, -0.2) is 13.8 Å². The van der Waals surface area contributed by atoms with Crippen molar-refractivity contribution in [3.05, 3.63) is 47.5 Å². The summed E-state index contributed by atoms with van der Waals surface area (Å²) in [5, 5.41) is 5.64. The molecule has 0 radical (unpaired) electrons. The SMILES string of the molecule is CC(C)(C)OC(=O)N[C@H]1CCCCC/C=C\[C@@H]2C[C@@]2(C(=O)N[S@@](=O)C(C)(C)C)NC(=O)[C@@H]2C[C@@H](OC(=O)N3Cc4ccccc4C3)CN2C1=O. The van der Waals surface area contributed by atoms with Crippen LogP contribution in [-0.2, 0) is 47.9 Å². The maximum absolute atomic E-state index is 14.3. The van der Waals surface area contributed by atoms with Crippen molar-refractivity contribution in [1.82, 2.24) is 25.2 Å². The molecule has 2 fully saturated rings. The lowest BCUT2D eigenvalue weighted by Crippen LogP contribution is -2.58. The number of hydrogen-bond acceptors (Lipinski definition) is 8. The molecule has 4 aliphatic rings. The molecule has 5 amide bonds. The number of ether oxygens (including phenoxy) is 2. The van der Waals surface area contributed by atoms with E-state index >= 15 is 0 Å². The van der Waals surface area contributed by atoms with Crippen molar-refractivity contribution in [3.63, 3.8) is 0 Å². The second kappa shape index (κ2) is 14.7. The van der Waals surface area contributed by atoms with Crippen LogP contribution in [0.25, 0.3) is 0 Å². The lowest BCUT2D eigenvalue weighted by molar-refractivity contribution is -0.141. The van der Waals surface area contributed by atoms with E-state index in [4.69, 9.17) is 9.47 Å². The Morgan fingerprint density at radius 1 is 1.00 bits per heavy atom. The van der Waals surface area contributed by atoms with Gasteiger partial charge < -0.3 is 25.0 Å². The van der Waals surface area contributed by atoms with Crippen LogP contribution in [0, 0.1) is 5.92 Å². The van der Waals surface area contributed by atoms with Crippen LogP contribution in [0.15, 0.2) is 36.4 Å². The molecule has 1 saturated heterocycles. The van der Waals surface area contributed by atoms with Gasteiger partial charge in [-0.15, -0.1) is 0 Å². The minimum atomic E-state index is -1.72. The predicted molar refractivity (Wildman–Crippen MR) is 186 cm³/mol. The number of carbonyl (C=O) groups is 5. The van der Waals surface area contributed by atoms with Crippen molar-refractivity contribution < 1.29 is 37.7 Å². The highest BCUT2D eigenvalue weighted by molar-refractivity contribution is 7.85. The first-order valence-electron chi connectivity index (χ1n) is 17.5. The Labute approximate surface area is 296 Å². The zero-order chi connectivity index (χ0) is 36.4. The molecule has 0 unspecified atom stereocenters. The lowest BCUT2D eigenvalue weighted by atomic mass is 10.0. The zero-order valence-corrected chi connectivity index (χ0v) is 30.7. The fourth-order valence-electron chi connectivity index (χ4n) is 6.62. The van der Waals surface area contributed by atoms with E-state index in [9.17, 15) is 28.2 Å².